The molecule has 3 N–H and O–H groups in total. The average molecular weight is 527 g/mol. The third kappa shape index (κ3) is 6.40. The summed E-state index contributed by atoms with van der Waals surface area (Å²) in [7, 11) is 0. The summed E-state index contributed by atoms with van der Waals surface area (Å²) in [6, 6.07) is 8.36. The van der Waals surface area contributed by atoms with Crippen molar-refractivity contribution in [1.29, 1.82) is 0 Å². The first-order valence-corrected chi connectivity index (χ1v) is 12.8. The van der Waals surface area contributed by atoms with Crippen molar-refractivity contribution in [2.24, 2.45) is 0 Å². The van der Waals surface area contributed by atoms with Crippen LogP contribution < -0.4 is 10.2 Å². The lowest BCUT2D eigenvalue weighted by Crippen LogP contribution is -2.34. The Labute approximate surface area is 218 Å². The Hall–Kier alpha value is -3.61. The topological polar surface area (TPSA) is 141 Å². The van der Waals surface area contributed by atoms with Crippen LogP contribution in [0.5, 0.6) is 0 Å². The summed E-state index contributed by atoms with van der Waals surface area (Å²) in [5.41, 5.74) is 2.18. The zero-order valence-electron chi connectivity index (χ0n) is 21.0. The third-order valence-corrected chi connectivity index (χ3v) is 7.11. The van der Waals surface area contributed by atoms with Gasteiger partial charge in [-0.05, 0) is 32.4 Å². The van der Waals surface area contributed by atoms with Crippen molar-refractivity contribution in [1.82, 2.24) is 19.9 Å². The normalized spacial score (nSPS) is 14.8. The molecular formula is C25H30N6O5S. The maximum Gasteiger partial charge on any atom is 0.335 e. The molecule has 0 aliphatic carbocycles. The largest absolute Gasteiger partial charge is 0.478 e. The minimum atomic E-state index is -1.06. The van der Waals surface area contributed by atoms with Gasteiger partial charge in [0.15, 0.2) is 11.4 Å². The number of carbonyl (C=O) groups is 2. The van der Waals surface area contributed by atoms with Gasteiger partial charge in [0.05, 0.1) is 21.8 Å². The second-order valence-corrected chi connectivity index (χ2v) is 9.60. The van der Waals surface area contributed by atoms with Gasteiger partial charge in [0.25, 0.3) is 0 Å². The highest BCUT2D eigenvalue weighted by Gasteiger charge is 2.21. The third-order valence-electron chi connectivity index (χ3n) is 6.01. The Morgan fingerprint density at radius 1 is 1.14 bits per heavy atom. The summed E-state index contributed by atoms with van der Waals surface area (Å²) in [4.78, 5) is 41.6. The second-order valence-electron chi connectivity index (χ2n) is 8.57. The Balaban J connectivity index is 1.68. The zero-order chi connectivity index (χ0) is 26.5. The number of aromatic carboxylic acids is 1. The Kier molecular flexibility index (Phi) is 8.31. The predicted molar refractivity (Wildman–Crippen MR) is 140 cm³/mol. The van der Waals surface area contributed by atoms with E-state index in [2.05, 4.69) is 20.2 Å². The van der Waals surface area contributed by atoms with E-state index >= 15 is 0 Å². The van der Waals surface area contributed by atoms with Crippen LogP contribution in [0.3, 0.4) is 0 Å². The molecule has 12 heteroatoms. The molecule has 0 radical (unpaired) electrons. The summed E-state index contributed by atoms with van der Waals surface area (Å²) in [5.74, 6) is 0.0492. The van der Waals surface area contributed by atoms with Crippen molar-refractivity contribution in [3.63, 3.8) is 0 Å². The van der Waals surface area contributed by atoms with Crippen molar-refractivity contribution in [3.05, 3.63) is 46.5 Å². The van der Waals surface area contributed by atoms with E-state index < -0.39 is 12.3 Å². The number of aliphatic hydroxyl groups excluding tert-OH is 1. The van der Waals surface area contributed by atoms with Crippen LogP contribution in [0.1, 0.15) is 47.5 Å². The van der Waals surface area contributed by atoms with E-state index in [9.17, 15) is 19.8 Å². The molecule has 11 nitrogen and oxygen atoms in total. The van der Waals surface area contributed by atoms with Crippen LogP contribution in [-0.4, -0.2) is 74.7 Å². The van der Waals surface area contributed by atoms with Gasteiger partial charge in [-0.3, -0.25) is 10.1 Å². The molecule has 1 aliphatic rings. The first kappa shape index (κ1) is 26.5. The van der Waals surface area contributed by atoms with Crippen LogP contribution in [0.25, 0.3) is 11.3 Å². The van der Waals surface area contributed by atoms with Gasteiger partial charge >= 0.3 is 5.97 Å². The molecule has 1 amide bonds. The maximum absolute atomic E-state index is 11.9. The second kappa shape index (κ2) is 11.6. The minimum absolute atomic E-state index is 0.0512. The van der Waals surface area contributed by atoms with Gasteiger partial charge < -0.3 is 24.7 Å². The highest BCUT2D eigenvalue weighted by Crippen LogP contribution is 2.32. The Morgan fingerprint density at radius 2 is 1.89 bits per heavy atom. The summed E-state index contributed by atoms with van der Waals surface area (Å²) < 4.78 is 5.30. The molecule has 2 aromatic heterocycles. The maximum atomic E-state index is 11.9. The van der Waals surface area contributed by atoms with E-state index in [0.717, 1.165) is 18.5 Å². The summed E-state index contributed by atoms with van der Waals surface area (Å²) in [6.45, 7) is 8.17. The number of amides is 1. The van der Waals surface area contributed by atoms with Gasteiger partial charge in [0.2, 0.25) is 11.9 Å². The van der Waals surface area contributed by atoms with E-state index in [1.54, 1.807) is 32.9 Å². The van der Waals surface area contributed by atoms with E-state index in [4.69, 9.17) is 9.72 Å². The lowest BCUT2D eigenvalue weighted by Gasteiger charge is -2.23. The van der Waals surface area contributed by atoms with Crippen molar-refractivity contribution in [2.75, 3.05) is 43.0 Å². The molecule has 0 spiro atoms. The van der Waals surface area contributed by atoms with Crippen molar-refractivity contribution < 1.29 is 24.5 Å². The number of carboxylic acids is 1. The Bertz CT molecular complexity index is 1260. The van der Waals surface area contributed by atoms with Crippen LogP contribution in [0.4, 0.5) is 16.9 Å². The fourth-order valence-electron chi connectivity index (χ4n) is 4.07. The summed E-state index contributed by atoms with van der Waals surface area (Å²) in [5, 5.41) is 23.2. The number of carbonyl (C=O) groups excluding carboxylic acids is 1. The number of ether oxygens (including phenoxy) is 1. The molecule has 4 rings (SSSR count). The molecule has 1 saturated heterocycles. The Morgan fingerprint density at radius 3 is 2.57 bits per heavy atom. The number of aryl methyl sites for hydroxylation is 1. The number of benzene rings is 1. The van der Waals surface area contributed by atoms with Gasteiger partial charge in [-0.15, -0.1) is 0 Å². The molecule has 1 aromatic carbocycles. The van der Waals surface area contributed by atoms with Crippen LogP contribution in [0.2, 0.25) is 0 Å². The molecular weight excluding hydrogens is 496 g/mol. The van der Waals surface area contributed by atoms with Crippen LogP contribution in [0.15, 0.2) is 30.3 Å². The van der Waals surface area contributed by atoms with Crippen LogP contribution >= 0.6 is 11.3 Å². The SMILES string of the molecule is CCOC(O)c1sc(Nc2nc(-c3ccc(C(=O)O)cc3)cc(N3CCCN(C(C)=O)CC3)n2)nc1C. The van der Waals surface area contributed by atoms with Gasteiger partial charge in [-0.2, -0.15) is 4.98 Å². The molecule has 0 bridgehead atoms. The number of hydrogen-bond acceptors (Lipinski definition) is 10. The number of aliphatic hydroxyl groups is 1. The molecule has 196 valence electrons. The number of carboxylic acid groups (broad SMARTS) is 1. The van der Waals surface area contributed by atoms with Crippen molar-refractivity contribution in [2.45, 2.75) is 33.5 Å². The first-order valence-electron chi connectivity index (χ1n) is 12.0. The zero-order valence-corrected chi connectivity index (χ0v) is 21.8. The lowest BCUT2D eigenvalue weighted by molar-refractivity contribution is -0.128. The van der Waals surface area contributed by atoms with E-state index in [1.807, 2.05) is 11.0 Å². The number of aromatic nitrogens is 3. The van der Waals surface area contributed by atoms with E-state index in [1.165, 1.54) is 23.5 Å². The van der Waals surface area contributed by atoms with Gasteiger partial charge in [0.1, 0.15) is 5.82 Å². The summed E-state index contributed by atoms with van der Waals surface area (Å²) >= 11 is 1.26. The standard InChI is InChI=1S/C25H30N6O5S/c1-4-36-23(35)21-15(2)26-25(37-21)29-24-27-19(17-6-8-18(9-7-17)22(33)34)14-20(28-24)31-11-5-10-30(12-13-31)16(3)32/h6-9,14,23,35H,4-5,10-13H2,1-3H3,(H,33,34)(H,26,27,28,29). The molecule has 1 fully saturated rings. The summed E-state index contributed by atoms with van der Waals surface area (Å²) in [6.07, 6.45) is -0.255. The highest BCUT2D eigenvalue weighted by atomic mass is 32.1. The number of hydrogen-bond donors (Lipinski definition) is 3. The van der Waals surface area contributed by atoms with Crippen LogP contribution in [0, 0.1) is 6.92 Å². The van der Waals surface area contributed by atoms with E-state index in [0.29, 0.717) is 59.4 Å². The van der Waals surface area contributed by atoms with Gasteiger partial charge in [-0.25, -0.2) is 14.8 Å². The van der Waals surface area contributed by atoms with E-state index in [-0.39, 0.29) is 11.5 Å². The fraction of sp³-hybridized carbons (Fsp3) is 0.400. The first-order chi connectivity index (χ1) is 17.7. The minimum Gasteiger partial charge on any atom is -0.478 e. The predicted octanol–water partition coefficient (Wildman–Crippen LogP) is 3.44. The average Bonchev–Trinajstić information content (AvgIpc) is 3.07. The van der Waals surface area contributed by atoms with Gasteiger partial charge in [-0.1, -0.05) is 23.5 Å². The number of anilines is 3. The number of rotatable bonds is 8. The van der Waals surface area contributed by atoms with Crippen molar-refractivity contribution in [3.8, 4) is 11.3 Å². The number of nitrogens with one attached hydrogen (secondary N) is 1. The molecule has 1 aliphatic heterocycles. The molecule has 37 heavy (non-hydrogen) atoms. The molecule has 3 aromatic rings. The smallest absolute Gasteiger partial charge is 0.335 e. The molecule has 0 saturated carbocycles. The molecule has 1 unspecified atom stereocenters. The lowest BCUT2D eigenvalue weighted by atomic mass is 10.1. The number of thiazole rings is 1. The van der Waals surface area contributed by atoms with Gasteiger partial charge in [0, 0.05) is 51.3 Å². The monoisotopic (exact) mass is 526 g/mol. The van der Waals surface area contributed by atoms with Crippen LogP contribution in [-0.2, 0) is 9.53 Å². The highest BCUT2D eigenvalue weighted by molar-refractivity contribution is 7.15. The molecule has 3 heterocycles. The number of nitrogens with zero attached hydrogens (tertiary/aromatic N) is 5. The quantitative estimate of drug-likeness (QED) is 0.374. The van der Waals surface area contributed by atoms with Crippen molar-refractivity contribution >= 4 is 40.1 Å². The molecule has 1 atom stereocenters. The fourth-order valence-corrected chi connectivity index (χ4v) is 4.96.